The fraction of sp³-hybridized carbons (Fsp3) is 0.579. The number of hydrogen-bond donors (Lipinski definition) is 2. The number of unbranched alkanes of at least 4 members (excludes halogenated alkanes) is 3. The summed E-state index contributed by atoms with van der Waals surface area (Å²) in [6.07, 6.45) is 5.40. The SMILES string of the molecule is CCCCCCC(C(=O)NNC(=O)c1ccccc1)C(C)(C)C. The Bertz CT molecular complexity index is 492. The van der Waals surface area contributed by atoms with Crippen LogP contribution in [0.1, 0.15) is 70.2 Å². The minimum atomic E-state index is -0.294. The second-order valence-corrected chi connectivity index (χ2v) is 7.08. The van der Waals surface area contributed by atoms with Crippen LogP contribution in [0.25, 0.3) is 0 Å². The topological polar surface area (TPSA) is 58.2 Å². The van der Waals surface area contributed by atoms with E-state index in [9.17, 15) is 9.59 Å². The summed E-state index contributed by atoms with van der Waals surface area (Å²) < 4.78 is 0. The zero-order chi connectivity index (χ0) is 17.3. The molecular weight excluding hydrogens is 288 g/mol. The van der Waals surface area contributed by atoms with E-state index in [1.807, 2.05) is 6.07 Å². The minimum Gasteiger partial charge on any atom is -0.273 e. The van der Waals surface area contributed by atoms with Gasteiger partial charge in [-0.2, -0.15) is 0 Å². The summed E-state index contributed by atoms with van der Waals surface area (Å²) >= 11 is 0. The summed E-state index contributed by atoms with van der Waals surface area (Å²) in [5.74, 6) is -0.522. The maximum absolute atomic E-state index is 12.5. The minimum absolute atomic E-state index is 0.113. The summed E-state index contributed by atoms with van der Waals surface area (Å²) in [6, 6.07) is 8.87. The first-order chi connectivity index (χ1) is 10.9. The summed E-state index contributed by atoms with van der Waals surface area (Å²) in [7, 11) is 0. The van der Waals surface area contributed by atoms with Crippen molar-refractivity contribution in [1.29, 1.82) is 0 Å². The van der Waals surface area contributed by atoms with E-state index in [4.69, 9.17) is 0 Å². The number of hydrazine groups is 1. The van der Waals surface area contributed by atoms with E-state index in [1.54, 1.807) is 24.3 Å². The second-order valence-electron chi connectivity index (χ2n) is 7.08. The maximum Gasteiger partial charge on any atom is 0.269 e. The van der Waals surface area contributed by atoms with Crippen LogP contribution in [0.4, 0.5) is 0 Å². The molecular formula is C19H30N2O2. The number of nitrogens with one attached hydrogen (secondary N) is 2. The highest BCUT2D eigenvalue weighted by molar-refractivity contribution is 5.95. The fourth-order valence-corrected chi connectivity index (χ4v) is 2.60. The molecule has 1 aromatic carbocycles. The number of benzene rings is 1. The van der Waals surface area contributed by atoms with Crippen LogP contribution in [0.3, 0.4) is 0 Å². The van der Waals surface area contributed by atoms with Crippen molar-refractivity contribution in [2.75, 3.05) is 0 Å². The highest BCUT2D eigenvalue weighted by Crippen LogP contribution is 2.30. The number of amides is 2. The quantitative estimate of drug-likeness (QED) is 0.588. The van der Waals surface area contributed by atoms with Crippen molar-refractivity contribution in [3.05, 3.63) is 35.9 Å². The van der Waals surface area contributed by atoms with Gasteiger partial charge in [0.1, 0.15) is 0 Å². The van der Waals surface area contributed by atoms with Crippen LogP contribution in [0.5, 0.6) is 0 Å². The van der Waals surface area contributed by atoms with Crippen LogP contribution < -0.4 is 10.9 Å². The first-order valence-corrected chi connectivity index (χ1v) is 8.51. The lowest BCUT2D eigenvalue weighted by molar-refractivity contribution is -0.129. The molecule has 0 saturated heterocycles. The zero-order valence-electron chi connectivity index (χ0n) is 14.8. The third kappa shape index (κ3) is 6.85. The molecule has 0 heterocycles. The molecule has 1 rings (SSSR count). The first-order valence-electron chi connectivity index (χ1n) is 8.51. The van der Waals surface area contributed by atoms with Gasteiger partial charge in [0.25, 0.3) is 5.91 Å². The Hall–Kier alpha value is -1.84. The van der Waals surface area contributed by atoms with Crippen molar-refractivity contribution in [2.24, 2.45) is 11.3 Å². The van der Waals surface area contributed by atoms with E-state index in [1.165, 1.54) is 12.8 Å². The fourth-order valence-electron chi connectivity index (χ4n) is 2.60. The molecule has 0 spiro atoms. The molecule has 4 heteroatoms. The van der Waals surface area contributed by atoms with Gasteiger partial charge >= 0.3 is 0 Å². The number of rotatable bonds is 7. The first kappa shape index (κ1) is 19.2. The molecule has 0 aliphatic rings. The zero-order valence-corrected chi connectivity index (χ0v) is 14.8. The van der Waals surface area contributed by atoms with Crippen molar-refractivity contribution < 1.29 is 9.59 Å². The Labute approximate surface area is 140 Å². The molecule has 0 aromatic heterocycles. The smallest absolute Gasteiger partial charge is 0.269 e. The predicted octanol–water partition coefficient (Wildman–Crippen LogP) is 4.08. The van der Waals surface area contributed by atoms with Gasteiger partial charge in [-0.15, -0.1) is 0 Å². The highest BCUT2D eigenvalue weighted by atomic mass is 16.2. The Balaban J connectivity index is 2.55. The van der Waals surface area contributed by atoms with Gasteiger partial charge in [0.05, 0.1) is 0 Å². The van der Waals surface area contributed by atoms with Gasteiger partial charge in [0, 0.05) is 11.5 Å². The molecule has 4 nitrogen and oxygen atoms in total. The molecule has 1 aromatic rings. The lowest BCUT2D eigenvalue weighted by Gasteiger charge is -2.29. The van der Waals surface area contributed by atoms with Crippen molar-refractivity contribution in [3.63, 3.8) is 0 Å². The van der Waals surface area contributed by atoms with E-state index in [-0.39, 0.29) is 23.1 Å². The normalized spacial score (nSPS) is 12.5. The van der Waals surface area contributed by atoms with Crippen LogP contribution in [-0.4, -0.2) is 11.8 Å². The third-order valence-corrected chi connectivity index (χ3v) is 4.04. The molecule has 1 unspecified atom stereocenters. The Morgan fingerprint density at radius 3 is 2.22 bits per heavy atom. The molecule has 0 aliphatic heterocycles. The average molecular weight is 318 g/mol. The van der Waals surface area contributed by atoms with Gasteiger partial charge in [0.2, 0.25) is 5.91 Å². The van der Waals surface area contributed by atoms with E-state index in [0.29, 0.717) is 5.56 Å². The molecule has 2 N–H and O–H groups in total. The largest absolute Gasteiger partial charge is 0.273 e. The summed E-state index contributed by atoms with van der Waals surface area (Å²) in [5, 5.41) is 0. The van der Waals surface area contributed by atoms with E-state index in [0.717, 1.165) is 19.3 Å². The van der Waals surface area contributed by atoms with E-state index in [2.05, 4.69) is 38.5 Å². The van der Waals surface area contributed by atoms with Gasteiger partial charge in [-0.05, 0) is 24.0 Å². The lowest BCUT2D eigenvalue weighted by atomic mass is 9.77. The summed E-state index contributed by atoms with van der Waals surface area (Å²) in [6.45, 7) is 8.37. The van der Waals surface area contributed by atoms with Crippen LogP contribution >= 0.6 is 0 Å². The molecule has 0 fully saturated rings. The van der Waals surface area contributed by atoms with Crippen LogP contribution in [0.15, 0.2) is 30.3 Å². The number of hydrogen-bond acceptors (Lipinski definition) is 2. The van der Waals surface area contributed by atoms with Crippen molar-refractivity contribution in [2.45, 2.75) is 59.8 Å². The molecule has 0 bridgehead atoms. The predicted molar refractivity (Wildman–Crippen MR) is 93.8 cm³/mol. The Morgan fingerprint density at radius 2 is 1.65 bits per heavy atom. The van der Waals surface area contributed by atoms with Crippen LogP contribution in [-0.2, 0) is 4.79 Å². The van der Waals surface area contributed by atoms with Gasteiger partial charge in [-0.3, -0.25) is 20.4 Å². The summed E-state index contributed by atoms with van der Waals surface area (Å²) in [5.41, 5.74) is 5.50. The highest BCUT2D eigenvalue weighted by Gasteiger charge is 2.30. The molecule has 0 aliphatic carbocycles. The van der Waals surface area contributed by atoms with E-state index >= 15 is 0 Å². The van der Waals surface area contributed by atoms with Crippen LogP contribution in [0.2, 0.25) is 0 Å². The van der Waals surface area contributed by atoms with Crippen LogP contribution in [0, 0.1) is 11.3 Å². The lowest BCUT2D eigenvalue weighted by Crippen LogP contribution is -2.47. The van der Waals surface area contributed by atoms with Crippen molar-refractivity contribution in [1.82, 2.24) is 10.9 Å². The number of carbonyl (C=O) groups excluding carboxylic acids is 2. The van der Waals surface area contributed by atoms with Crippen molar-refractivity contribution in [3.8, 4) is 0 Å². The molecule has 1 atom stereocenters. The Morgan fingerprint density at radius 1 is 1.00 bits per heavy atom. The monoisotopic (exact) mass is 318 g/mol. The molecule has 2 amide bonds. The van der Waals surface area contributed by atoms with Gasteiger partial charge in [-0.25, -0.2) is 0 Å². The second kappa shape index (κ2) is 9.33. The average Bonchev–Trinajstić information content (AvgIpc) is 2.52. The molecule has 0 saturated carbocycles. The van der Waals surface area contributed by atoms with Gasteiger partial charge in [0.15, 0.2) is 0 Å². The Kier molecular flexibility index (Phi) is 7.79. The molecule has 128 valence electrons. The molecule has 23 heavy (non-hydrogen) atoms. The van der Waals surface area contributed by atoms with Gasteiger partial charge < -0.3 is 0 Å². The number of carbonyl (C=O) groups is 2. The standard InChI is InChI=1S/C19H30N2O2/c1-5-6-7-11-14-16(19(2,3)4)18(23)21-20-17(22)15-12-9-8-10-13-15/h8-10,12-13,16H,5-7,11,14H2,1-4H3,(H,20,22)(H,21,23). The van der Waals surface area contributed by atoms with Crippen molar-refractivity contribution >= 4 is 11.8 Å². The van der Waals surface area contributed by atoms with Gasteiger partial charge in [-0.1, -0.05) is 71.6 Å². The summed E-state index contributed by atoms with van der Waals surface area (Å²) in [4.78, 5) is 24.5. The third-order valence-electron chi connectivity index (χ3n) is 4.04. The van der Waals surface area contributed by atoms with E-state index < -0.39 is 0 Å². The molecule has 0 radical (unpaired) electrons. The maximum atomic E-state index is 12.5.